The predicted octanol–water partition coefficient (Wildman–Crippen LogP) is 3.03. The molecule has 0 radical (unpaired) electrons. The molecule has 0 aliphatic heterocycles. The van der Waals surface area contributed by atoms with Gasteiger partial charge in [-0.1, -0.05) is 29.8 Å². The van der Waals surface area contributed by atoms with Crippen LogP contribution < -0.4 is 11.1 Å². The molecule has 7 heteroatoms. The van der Waals surface area contributed by atoms with E-state index in [-0.39, 0.29) is 17.3 Å². The van der Waals surface area contributed by atoms with Crippen LogP contribution in [0.15, 0.2) is 51.7 Å². The van der Waals surface area contributed by atoms with E-state index in [1.165, 1.54) is 22.8 Å². The molecule has 0 unspecified atom stereocenters. The number of benzene rings is 2. The largest absolute Gasteiger partial charge is 0.420 e. The fourth-order valence-electron chi connectivity index (χ4n) is 2.10. The smallest absolute Gasteiger partial charge is 0.408 e. The molecule has 0 saturated heterocycles. The Balaban J connectivity index is 1.86. The molecule has 112 valence electrons. The lowest BCUT2D eigenvalue weighted by Gasteiger charge is -2.07. The molecule has 3 aromatic rings. The molecule has 0 atom stereocenters. The zero-order valence-electron chi connectivity index (χ0n) is 11.2. The van der Waals surface area contributed by atoms with Crippen LogP contribution in [0.25, 0.3) is 11.1 Å². The molecule has 0 aliphatic carbocycles. The van der Waals surface area contributed by atoms with Crippen molar-refractivity contribution < 1.29 is 13.6 Å². The van der Waals surface area contributed by atoms with E-state index in [2.05, 4.69) is 5.32 Å². The molecule has 0 bridgehead atoms. The third kappa shape index (κ3) is 2.60. The highest BCUT2D eigenvalue weighted by molar-refractivity contribution is 6.31. The summed E-state index contributed by atoms with van der Waals surface area (Å²) in [4.78, 5) is 23.8. The lowest BCUT2D eigenvalue weighted by molar-refractivity contribution is -0.116. The van der Waals surface area contributed by atoms with Crippen LogP contribution >= 0.6 is 11.6 Å². The predicted molar refractivity (Wildman–Crippen MR) is 80.5 cm³/mol. The minimum atomic E-state index is -0.720. The molecule has 0 aliphatic rings. The second kappa shape index (κ2) is 5.65. The zero-order valence-corrected chi connectivity index (χ0v) is 11.9. The maximum absolute atomic E-state index is 13.7. The van der Waals surface area contributed by atoms with E-state index in [1.54, 1.807) is 24.3 Å². The number of nitrogens with one attached hydrogen (secondary N) is 1. The summed E-state index contributed by atoms with van der Waals surface area (Å²) in [7, 11) is 0. The Bertz CT molecular complexity index is 917. The lowest BCUT2D eigenvalue weighted by atomic mass is 10.3. The molecule has 3 rings (SSSR count). The molecule has 0 spiro atoms. The lowest BCUT2D eigenvalue weighted by Crippen LogP contribution is -2.25. The van der Waals surface area contributed by atoms with Crippen molar-refractivity contribution in [2.75, 3.05) is 5.32 Å². The van der Waals surface area contributed by atoms with Crippen molar-refractivity contribution in [2.45, 2.75) is 6.54 Å². The fraction of sp³-hybridized carbons (Fsp3) is 0.0667. The van der Waals surface area contributed by atoms with Gasteiger partial charge in [-0.3, -0.25) is 9.36 Å². The van der Waals surface area contributed by atoms with Crippen LogP contribution in [0.5, 0.6) is 0 Å². The molecular formula is C15H10ClFN2O3. The minimum absolute atomic E-state index is 0.0432. The highest BCUT2D eigenvalue weighted by atomic mass is 35.5. The highest BCUT2D eigenvalue weighted by Crippen LogP contribution is 2.22. The van der Waals surface area contributed by atoms with Gasteiger partial charge in [-0.2, -0.15) is 0 Å². The number of amides is 1. The molecule has 1 heterocycles. The maximum atomic E-state index is 13.7. The number of anilines is 1. The van der Waals surface area contributed by atoms with Gasteiger partial charge >= 0.3 is 5.76 Å². The van der Waals surface area contributed by atoms with Gasteiger partial charge in [0.15, 0.2) is 11.4 Å². The van der Waals surface area contributed by atoms with Crippen LogP contribution in [0.4, 0.5) is 10.1 Å². The number of aromatic nitrogens is 1. The second-order valence-electron chi connectivity index (χ2n) is 4.57. The van der Waals surface area contributed by atoms with E-state index in [0.29, 0.717) is 11.1 Å². The van der Waals surface area contributed by atoms with E-state index in [1.807, 2.05) is 0 Å². The van der Waals surface area contributed by atoms with Crippen molar-refractivity contribution >= 4 is 34.3 Å². The third-order valence-corrected chi connectivity index (χ3v) is 3.39. The van der Waals surface area contributed by atoms with E-state index in [4.69, 9.17) is 16.0 Å². The Hall–Kier alpha value is -2.60. The van der Waals surface area contributed by atoms with Crippen LogP contribution in [-0.4, -0.2) is 10.5 Å². The van der Waals surface area contributed by atoms with Gasteiger partial charge in [0.05, 0.1) is 16.2 Å². The van der Waals surface area contributed by atoms with Gasteiger partial charge < -0.3 is 9.73 Å². The van der Waals surface area contributed by atoms with Crippen molar-refractivity contribution in [1.82, 2.24) is 4.57 Å². The molecule has 22 heavy (non-hydrogen) atoms. The second-order valence-corrected chi connectivity index (χ2v) is 4.98. The summed E-state index contributed by atoms with van der Waals surface area (Å²) in [6, 6.07) is 11.0. The van der Waals surface area contributed by atoms with Crippen molar-refractivity contribution in [3.8, 4) is 0 Å². The minimum Gasteiger partial charge on any atom is -0.408 e. The first-order chi connectivity index (χ1) is 10.6. The Morgan fingerprint density at radius 1 is 1.23 bits per heavy atom. The standard InChI is InChI=1S/C15H10ClFN2O3/c16-9-4-3-5-10(14(9)17)18-13(20)8-19-11-6-1-2-7-12(11)22-15(19)21/h1-7H,8H2,(H,18,20). The molecule has 0 fully saturated rings. The van der Waals surface area contributed by atoms with Gasteiger partial charge in [0, 0.05) is 0 Å². The highest BCUT2D eigenvalue weighted by Gasteiger charge is 2.14. The van der Waals surface area contributed by atoms with Gasteiger partial charge in [0.25, 0.3) is 0 Å². The molecule has 5 nitrogen and oxygen atoms in total. The topological polar surface area (TPSA) is 64.2 Å². The van der Waals surface area contributed by atoms with Crippen molar-refractivity contribution in [3.05, 3.63) is 63.9 Å². The Labute approximate surface area is 128 Å². The number of rotatable bonds is 3. The van der Waals surface area contributed by atoms with E-state index in [0.717, 1.165) is 0 Å². The van der Waals surface area contributed by atoms with Gasteiger partial charge in [-0.15, -0.1) is 0 Å². The van der Waals surface area contributed by atoms with Gasteiger partial charge in [-0.25, -0.2) is 9.18 Å². The number of para-hydroxylation sites is 2. The first-order valence-electron chi connectivity index (χ1n) is 6.38. The maximum Gasteiger partial charge on any atom is 0.420 e. The fourth-order valence-corrected chi connectivity index (χ4v) is 2.27. The SMILES string of the molecule is O=C(Cn1c(=O)oc2ccccc21)Nc1cccc(Cl)c1F. The first kappa shape index (κ1) is 14.3. The van der Waals surface area contributed by atoms with Crippen LogP contribution in [-0.2, 0) is 11.3 Å². The van der Waals surface area contributed by atoms with Crippen molar-refractivity contribution in [3.63, 3.8) is 0 Å². The number of fused-ring (bicyclic) bond motifs is 1. The summed E-state index contributed by atoms with van der Waals surface area (Å²) in [6.45, 7) is -0.290. The van der Waals surface area contributed by atoms with Crippen LogP contribution in [0.1, 0.15) is 0 Å². The van der Waals surface area contributed by atoms with Crippen LogP contribution in [0, 0.1) is 5.82 Å². The normalized spacial score (nSPS) is 10.8. The number of carbonyl (C=O) groups is 1. The van der Waals surface area contributed by atoms with Gasteiger partial charge in [-0.05, 0) is 24.3 Å². The molecule has 1 N–H and O–H groups in total. The Morgan fingerprint density at radius 2 is 2.00 bits per heavy atom. The van der Waals surface area contributed by atoms with E-state index >= 15 is 0 Å². The summed E-state index contributed by atoms with van der Waals surface area (Å²) in [5, 5.41) is 2.29. The van der Waals surface area contributed by atoms with Crippen molar-refractivity contribution in [2.24, 2.45) is 0 Å². The van der Waals surface area contributed by atoms with Crippen LogP contribution in [0.3, 0.4) is 0 Å². The monoisotopic (exact) mass is 320 g/mol. The first-order valence-corrected chi connectivity index (χ1v) is 6.76. The summed E-state index contributed by atoms with van der Waals surface area (Å²) < 4.78 is 19.9. The quantitative estimate of drug-likeness (QED) is 0.806. The number of hydrogen-bond acceptors (Lipinski definition) is 3. The summed E-state index contributed by atoms with van der Waals surface area (Å²) in [5.74, 6) is -1.93. The average Bonchev–Trinajstić information content (AvgIpc) is 2.80. The van der Waals surface area contributed by atoms with Crippen molar-refractivity contribution in [1.29, 1.82) is 0 Å². The zero-order chi connectivity index (χ0) is 15.7. The number of carbonyl (C=O) groups excluding carboxylic acids is 1. The number of nitrogens with zero attached hydrogens (tertiary/aromatic N) is 1. The summed E-state index contributed by atoms with van der Waals surface area (Å²) in [6.07, 6.45) is 0. The third-order valence-electron chi connectivity index (χ3n) is 3.10. The Morgan fingerprint density at radius 3 is 2.82 bits per heavy atom. The number of hydrogen-bond donors (Lipinski definition) is 1. The molecular weight excluding hydrogens is 311 g/mol. The average molecular weight is 321 g/mol. The van der Waals surface area contributed by atoms with Gasteiger partial charge in [0.2, 0.25) is 5.91 Å². The molecule has 1 aromatic heterocycles. The van der Waals surface area contributed by atoms with Gasteiger partial charge in [0.1, 0.15) is 6.54 Å². The number of halogens is 2. The molecule has 2 aromatic carbocycles. The number of oxazole rings is 1. The van der Waals surface area contributed by atoms with E-state index in [9.17, 15) is 14.0 Å². The van der Waals surface area contributed by atoms with Crippen LogP contribution in [0.2, 0.25) is 5.02 Å². The molecule has 1 amide bonds. The summed E-state index contributed by atoms with van der Waals surface area (Å²) >= 11 is 5.65. The van der Waals surface area contributed by atoms with E-state index < -0.39 is 17.5 Å². The summed E-state index contributed by atoms with van der Waals surface area (Å²) in [5.41, 5.74) is 0.835. The Kier molecular flexibility index (Phi) is 3.68. The molecule has 0 saturated carbocycles.